The zero-order chi connectivity index (χ0) is 22.9. The van der Waals surface area contributed by atoms with E-state index < -0.39 is 0 Å². The van der Waals surface area contributed by atoms with Crippen molar-refractivity contribution in [2.45, 2.75) is 41.5 Å². The van der Waals surface area contributed by atoms with Gasteiger partial charge in [-0.05, 0) is 131 Å². The number of aromatic nitrogens is 4. The molecule has 0 aromatic carbocycles. The first-order valence-electron chi connectivity index (χ1n) is 10.6. The number of fused-ring (bicyclic) bond motifs is 8. The van der Waals surface area contributed by atoms with Crippen LogP contribution < -0.4 is 0 Å². The summed E-state index contributed by atoms with van der Waals surface area (Å²) in [6, 6.07) is 8.52. The molecule has 0 saturated carbocycles. The highest BCUT2D eigenvalue weighted by molar-refractivity contribution is 9.11. The van der Waals surface area contributed by atoms with E-state index in [1.54, 1.807) is 0 Å². The molecule has 32 heavy (non-hydrogen) atoms. The van der Waals surface area contributed by atoms with Crippen LogP contribution in [-0.2, 0) is 0 Å². The van der Waals surface area contributed by atoms with Crippen LogP contribution in [0.4, 0.5) is 0 Å². The number of allylic oxidation sites excluding steroid dienone is 4. The molecule has 2 aliphatic heterocycles. The van der Waals surface area contributed by atoms with Gasteiger partial charge >= 0.3 is 0 Å². The molecule has 0 aliphatic carbocycles. The Bertz CT molecular complexity index is 1430. The van der Waals surface area contributed by atoms with Gasteiger partial charge in [0.25, 0.3) is 0 Å². The third-order valence-electron chi connectivity index (χ3n) is 6.75. The molecule has 5 rings (SSSR count). The zero-order valence-electron chi connectivity index (χ0n) is 19.0. The van der Waals surface area contributed by atoms with Crippen LogP contribution in [0.25, 0.3) is 44.4 Å². The molecule has 0 atom stereocenters. The fourth-order valence-corrected chi connectivity index (χ4v) is 5.04. The summed E-state index contributed by atoms with van der Waals surface area (Å²) in [5, 5.41) is 0. The molecule has 3 aromatic rings. The monoisotopic (exact) mass is 550 g/mol. The highest BCUT2D eigenvalue weighted by Crippen LogP contribution is 2.35. The average Bonchev–Trinajstić information content (AvgIpc) is 3.37. The Balaban J connectivity index is 1.99. The molecule has 0 radical (unpaired) electrons. The van der Waals surface area contributed by atoms with E-state index in [0.717, 1.165) is 64.9 Å². The molecular formula is C26H24Br2N4. The van der Waals surface area contributed by atoms with Crippen LogP contribution in [0.2, 0.25) is 0 Å². The van der Waals surface area contributed by atoms with Crippen molar-refractivity contribution in [3.05, 3.63) is 67.1 Å². The van der Waals surface area contributed by atoms with Crippen LogP contribution in [0.5, 0.6) is 0 Å². The van der Waals surface area contributed by atoms with Gasteiger partial charge in [-0.15, -0.1) is 0 Å². The lowest BCUT2D eigenvalue weighted by Crippen LogP contribution is -1.82. The van der Waals surface area contributed by atoms with E-state index in [-0.39, 0.29) is 0 Å². The summed E-state index contributed by atoms with van der Waals surface area (Å²) in [5.41, 5.74) is 15.1. The third kappa shape index (κ3) is 3.23. The molecule has 0 saturated heterocycles. The Morgan fingerprint density at radius 2 is 0.844 bits per heavy atom. The second kappa shape index (κ2) is 7.56. The second-order valence-electron chi connectivity index (χ2n) is 8.62. The molecule has 2 N–H and O–H groups in total. The van der Waals surface area contributed by atoms with Gasteiger partial charge in [0.1, 0.15) is 0 Å². The predicted octanol–water partition coefficient (Wildman–Crippen LogP) is 8.36. The van der Waals surface area contributed by atoms with Crippen molar-refractivity contribution in [3.63, 3.8) is 0 Å². The van der Waals surface area contributed by atoms with Crippen molar-refractivity contribution in [3.8, 4) is 0 Å². The van der Waals surface area contributed by atoms with Crippen molar-refractivity contribution in [2.75, 3.05) is 0 Å². The van der Waals surface area contributed by atoms with E-state index in [1.165, 1.54) is 22.3 Å². The summed E-state index contributed by atoms with van der Waals surface area (Å²) in [4.78, 5) is 17.1. The quantitative estimate of drug-likeness (QED) is 0.295. The number of nitrogens with zero attached hydrogens (tertiary/aromatic N) is 2. The standard InChI is InChI=1S/C26H24Br2N4/c1-11-12(2)19-8-21-15(5)25(27)24(31-21)10-22-16(6)26(28)23(32-22)9-20-14(4)13(3)18(30-20)7-17(11)29-19/h7-10,31-32H,1-6H3. The summed E-state index contributed by atoms with van der Waals surface area (Å²) in [5.74, 6) is 0. The van der Waals surface area contributed by atoms with E-state index in [0.29, 0.717) is 0 Å². The number of rotatable bonds is 0. The Morgan fingerprint density at radius 3 is 1.31 bits per heavy atom. The van der Waals surface area contributed by atoms with Crippen LogP contribution in [0.3, 0.4) is 0 Å². The SMILES string of the molecule is CC1=C(C)c2cc3[nH]c(cc4[nH]c(cc5nc(cc1n2)C(C)=C5C)c(Br)c4C)c(Br)c3C. The van der Waals surface area contributed by atoms with Gasteiger partial charge in [-0.1, -0.05) is 0 Å². The van der Waals surface area contributed by atoms with Crippen molar-refractivity contribution in [1.29, 1.82) is 0 Å². The van der Waals surface area contributed by atoms with Gasteiger partial charge in [0.15, 0.2) is 0 Å². The van der Waals surface area contributed by atoms with Gasteiger partial charge in [-0.25, -0.2) is 9.97 Å². The summed E-state index contributed by atoms with van der Waals surface area (Å²) in [6.07, 6.45) is 0. The highest BCUT2D eigenvalue weighted by atomic mass is 79.9. The number of H-pyrrole nitrogens is 2. The number of aromatic amines is 2. The first-order valence-corrected chi connectivity index (χ1v) is 12.2. The molecule has 0 amide bonds. The van der Waals surface area contributed by atoms with E-state index in [9.17, 15) is 0 Å². The minimum absolute atomic E-state index is 0.972. The Hall–Kier alpha value is -2.44. The van der Waals surface area contributed by atoms with Gasteiger partial charge in [-0.3, -0.25) is 0 Å². The molecular weight excluding hydrogens is 528 g/mol. The first-order chi connectivity index (χ1) is 15.2. The first kappa shape index (κ1) is 21.4. The van der Waals surface area contributed by atoms with Gasteiger partial charge in [0.05, 0.1) is 33.8 Å². The molecule has 5 heterocycles. The fourth-order valence-electron chi connectivity index (χ4n) is 4.19. The van der Waals surface area contributed by atoms with E-state index in [4.69, 9.17) is 9.97 Å². The van der Waals surface area contributed by atoms with Crippen molar-refractivity contribution >= 4 is 76.2 Å². The molecule has 0 fully saturated rings. The summed E-state index contributed by atoms with van der Waals surface area (Å²) in [7, 11) is 0. The topological polar surface area (TPSA) is 57.4 Å². The van der Waals surface area contributed by atoms with Crippen molar-refractivity contribution < 1.29 is 0 Å². The lowest BCUT2D eigenvalue weighted by molar-refractivity contribution is 1.25. The van der Waals surface area contributed by atoms with Crippen LogP contribution in [-0.4, -0.2) is 19.9 Å². The molecule has 6 heteroatoms. The highest BCUT2D eigenvalue weighted by Gasteiger charge is 2.18. The van der Waals surface area contributed by atoms with Crippen LogP contribution in [0.15, 0.2) is 33.2 Å². The van der Waals surface area contributed by atoms with Crippen LogP contribution in [0.1, 0.15) is 61.6 Å². The predicted molar refractivity (Wildman–Crippen MR) is 142 cm³/mol. The summed E-state index contributed by atoms with van der Waals surface area (Å²) >= 11 is 7.57. The molecule has 0 unspecified atom stereocenters. The number of hydrogen-bond donors (Lipinski definition) is 2. The maximum atomic E-state index is 4.97. The second-order valence-corrected chi connectivity index (χ2v) is 10.2. The smallest absolute Gasteiger partial charge is 0.0691 e. The summed E-state index contributed by atoms with van der Waals surface area (Å²) < 4.78 is 2.11. The zero-order valence-corrected chi connectivity index (χ0v) is 22.1. The van der Waals surface area contributed by atoms with Crippen molar-refractivity contribution in [2.24, 2.45) is 0 Å². The molecule has 3 aromatic heterocycles. The average molecular weight is 552 g/mol. The van der Waals surface area contributed by atoms with E-state index >= 15 is 0 Å². The summed E-state index contributed by atoms with van der Waals surface area (Å²) in [6.45, 7) is 12.8. The van der Waals surface area contributed by atoms with Gasteiger partial charge < -0.3 is 9.97 Å². The molecule has 162 valence electrons. The Kier molecular flexibility index (Phi) is 5.06. The number of nitrogens with one attached hydrogen (secondary N) is 2. The number of halogens is 2. The van der Waals surface area contributed by atoms with Gasteiger partial charge in [-0.2, -0.15) is 0 Å². The minimum atomic E-state index is 0.972. The molecule has 0 spiro atoms. The lowest BCUT2D eigenvalue weighted by atomic mass is 10.1. The normalized spacial score (nSPS) is 14.0. The maximum absolute atomic E-state index is 4.97. The largest absolute Gasteiger partial charge is 0.354 e. The fraction of sp³-hybridized carbons (Fsp3) is 0.231. The minimum Gasteiger partial charge on any atom is -0.354 e. The Morgan fingerprint density at radius 1 is 0.500 bits per heavy atom. The van der Waals surface area contributed by atoms with E-state index in [2.05, 4.69) is 108 Å². The van der Waals surface area contributed by atoms with Gasteiger partial charge in [0.2, 0.25) is 0 Å². The van der Waals surface area contributed by atoms with Crippen molar-refractivity contribution in [1.82, 2.24) is 19.9 Å². The Labute approximate surface area is 204 Å². The lowest BCUT2D eigenvalue weighted by Gasteiger charge is -1.96. The molecule has 8 bridgehead atoms. The molecule has 2 aliphatic rings. The number of aryl methyl sites for hydroxylation is 2. The van der Waals surface area contributed by atoms with Gasteiger partial charge in [0, 0.05) is 20.0 Å². The van der Waals surface area contributed by atoms with Crippen LogP contribution in [0, 0.1) is 13.8 Å². The maximum Gasteiger partial charge on any atom is 0.0691 e. The third-order valence-corrected chi connectivity index (χ3v) is 8.79. The van der Waals surface area contributed by atoms with Crippen LogP contribution >= 0.6 is 31.9 Å². The van der Waals surface area contributed by atoms with E-state index in [1.807, 2.05) is 0 Å². The number of hydrogen-bond acceptors (Lipinski definition) is 2. The molecule has 4 nitrogen and oxygen atoms in total.